The molecule has 1 fully saturated rings. The second-order valence-corrected chi connectivity index (χ2v) is 6.46. The number of anilines is 1. The van der Waals surface area contributed by atoms with E-state index >= 15 is 0 Å². The van der Waals surface area contributed by atoms with Crippen LogP contribution >= 0.6 is 0 Å². The highest BCUT2D eigenvalue weighted by Crippen LogP contribution is 2.25. The van der Waals surface area contributed by atoms with Crippen LogP contribution in [0.4, 0.5) is 5.69 Å². The first kappa shape index (κ1) is 19.6. The summed E-state index contributed by atoms with van der Waals surface area (Å²) in [6.45, 7) is 2.93. The molecule has 0 aliphatic carbocycles. The van der Waals surface area contributed by atoms with Gasteiger partial charge in [-0.3, -0.25) is 4.79 Å². The van der Waals surface area contributed by atoms with Crippen molar-refractivity contribution in [2.24, 2.45) is 0 Å². The van der Waals surface area contributed by atoms with E-state index in [-0.39, 0.29) is 5.91 Å². The molecule has 2 aromatic rings. The van der Waals surface area contributed by atoms with Gasteiger partial charge in [-0.05, 0) is 36.4 Å². The fourth-order valence-corrected chi connectivity index (χ4v) is 3.23. The van der Waals surface area contributed by atoms with E-state index in [1.807, 2.05) is 41.3 Å². The molecule has 0 atom stereocenters. The summed E-state index contributed by atoms with van der Waals surface area (Å²) < 4.78 is 15.9. The highest BCUT2D eigenvalue weighted by molar-refractivity contribution is 5.92. The van der Waals surface area contributed by atoms with Crippen molar-refractivity contribution < 1.29 is 19.0 Å². The van der Waals surface area contributed by atoms with Crippen molar-refractivity contribution in [3.8, 4) is 17.2 Å². The molecule has 0 N–H and O–H groups in total. The average molecular weight is 382 g/mol. The van der Waals surface area contributed by atoms with Gasteiger partial charge in [0.2, 0.25) is 5.91 Å². The number of benzene rings is 2. The van der Waals surface area contributed by atoms with Crippen molar-refractivity contribution >= 4 is 17.7 Å². The van der Waals surface area contributed by atoms with E-state index in [2.05, 4.69) is 11.0 Å². The Hall–Kier alpha value is -3.15. The van der Waals surface area contributed by atoms with Gasteiger partial charge in [0, 0.05) is 49.6 Å². The van der Waals surface area contributed by atoms with Crippen LogP contribution in [0.25, 0.3) is 6.08 Å². The number of carbonyl (C=O) groups is 1. The van der Waals surface area contributed by atoms with E-state index in [1.165, 1.54) is 0 Å². The summed E-state index contributed by atoms with van der Waals surface area (Å²) in [5, 5.41) is 0. The molecular weight excluding hydrogens is 356 g/mol. The number of hydrogen-bond acceptors (Lipinski definition) is 5. The lowest BCUT2D eigenvalue weighted by molar-refractivity contribution is -0.126. The second-order valence-electron chi connectivity index (χ2n) is 6.46. The average Bonchev–Trinajstić information content (AvgIpc) is 2.77. The van der Waals surface area contributed by atoms with Gasteiger partial charge in [-0.15, -0.1) is 0 Å². The smallest absolute Gasteiger partial charge is 0.246 e. The number of ether oxygens (including phenoxy) is 3. The van der Waals surface area contributed by atoms with E-state index in [0.29, 0.717) is 18.8 Å². The predicted octanol–water partition coefficient (Wildman–Crippen LogP) is 3.07. The fourth-order valence-electron chi connectivity index (χ4n) is 3.23. The summed E-state index contributed by atoms with van der Waals surface area (Å²) >= 11 is 0. The summed E-state index contributed by atoms with van der Waals surface area (Å²) in [5.41, 5.74) is 1.92. The van der Waals surface area contributed by atoms with Crippen LogP contribution in [-0.2, 0) is 4.79 Å². The highest BCUT2D eigenvalue weighted by Gasteiger charge is 2.20. The molecule has 6 heteroatoms. The van der Waals surface area contributed by atoms with Gasteiger partial charge < -0.3 is 24.0 Å². The standard InChI is InChI=1S/C22H26N2O4/c1-26-19-6-4-5-18(16-19)23-11-13-24(14-12-23)22(25)10-7-17-15-20(27-2)8-9-21(17)28-3/h4-10,15-16H,11-14H2,1-3H3. The van der Waals surface area contributed by atoms with Crippen LogP contribution in [-0.4, -0.2) is 58.3 Å². The zero-order valence-electron chi connectivity index (χ0n) is 16.6. The molecular formula is C22H26N2O4. The van der Waals surface area contributed by atoms with E-state index in [0.717, 1.165) is 35.8 Å². The van der Waals surface area contributed by atoms with Crippen LogP contribution in [0, 0.1) is 0 Å². The third-order valence-corrected chi connectivity index (χ3v) is 4.85. The SMILES string of the molecule is COc1cccc(N2CCN(C(=O)C=Cc3cc(OC)ccc3OC)CC2)c1. The van der Waals surface area contributed by atoms with Crippen LogP contribution in [0.2, 0.25) is 0 Å². The number of methoxy groups -OCH3 is 3. The Labute approximate surface area is 165 Å². The minimum Gasteiger partial charge on any atom is -0.497 e. The van der Waals surface area contributed by atoms with Gasteiger partial charge in [-0.25, -0.2) is 0 Å². The Kier molecular flexibility index (Phi) is 6.42. The van der Waals surface area contributed by atoms with Crippen molar-refractivity contribution in [1.29, 1.82) is 0 Å². The van der Waals surface area contributed by atoms with Gasteiger partial charge in [0.15, 0.2) is 0 Å². The molecule has 148 valence electrons. The molecule has 1 saturated heterocycles. The van der Waals surface area contributed by atoms with Gasteiger partial charge in [0.05, 0.1) is 21.3 Å². The largest absolute Gasteiger partial charge is 0.497 e. The van der Waals surface area contributed by atoms with E-state index in [4.69, 9.17) is 14.2 Å². The molecule has 0 unspecified atom stereocenters. The predicted molar refractivity (Wildman–Crippen MR) is 110 cm³/mol. The molecule has 0 saturated carbocycles. The minimum absolute atomic E-state index is 0.00448. The maximum absolute atomic E-state index is 12.6. The molecule has 28 heavy (non-hydrogen) atoms. The van der Waals surface area contributed by atoms with Gasteiger partial charge in [-0.1, -0.05) is 6.07 Å². The van der Waals surface area contributed by atoms with Gasteiger partial charge in [-0.2, -0.15) is 0 Å². The van der Waals surface area contributed by atoms with Gasteiger partial charge >= 0.3 is 0 Å². The summed E-state index contributed by atoms with van der Waals surface area (Å²) in [4.78, 5) is 16.7. The maximum atomic E-state index is 12.6. The lowest BCUT2D eigenvalue weighted by atomic mass is 10.1. The minimum atomic E-state index is -0.00448. The fraction of sp³-hybridized carbons (Fsp3) is 0.318. The van der Waals surface area contributed by atoms with Crippen LogP contribution in [0.3, 0.4) is 0 Å². The van der Waals surface area contributed by atoms with Crippen molar-refractivity contribution in [2.45, 2.75) is 0 Å². The Morgan fingerprint density at radius 2 is 1.61 bits per heavy atom. The van der Waals surface area contributed by atoms with Crippen molar-refractivity contribution in [1.82, 2.24) is 4.90 Å². The molecule has 1 heterocycles. The summed E-state index contributed by atoms with van der Waals surface area (Å²) in [6.07, 6.45) is 3.37. The van der Waals surface area contributed by atoms with E-state index in [9.17, 15) is 4.79 Å². The van der Waals surface area contributed by atoms with Crippen molar-refractivity contribution in [3.05, 3.63) is 54.1 Å². The maximum Gasteiger partial charge on any atom is 0.246 e. The first-order valence-corrected chi connectivity index (χ1v) is 9.22. The first-order chi connectivity index (χ1) is 13.6. The molecule has 0 radical (unpaired) electrons. The second kappa shape index (κ2) is 9.17. The van der Waals surface area contributed by atoms with Gasteiger partial charge in [0.25, 0.3) is 0 Å². The topological polar surface area (TPSA) is 51.2 Å². The highest BCUT2D eigenvalue weighted by atomic mass is 16.5. The van der Waals surface area contributed by atoms with Crippen molar-refractivity contribution in [2.75, 3.05) is 52.4 Å². The van der Waals surface area contributed by atoms with Crippen LogP contribution < -0.4 is 19.1 Å². The van der Waals surface area contributed by atoms with E-state index in [1.54, 1.807) is 33.5 Å². The molecule has 1 amide bonds. The number of nitrogens with zero attached hydrogens (tertiary/aromatic N) is 2. The summed E-state index contributed by atoms with van der Waals surface area (Å²) in [5.74, 6) is 2.26. The third-order valence-electron chi connectivity index (χ3n) is 4.85. The molecule has 6 nitrogen and oxygen atoms in total. The number of carbonyl (C=O) groups excluding carboxylic acids is 1. The molecule has 0 aromatic heterocycles. The van der Waals surface area contributed by atoms with E-state index < -0.39 is 0 Å². The summed E-state index contributed by atoms with van der Waals surface area (Å²) in [6, 6.07) is 13.5. The van der Waals surface area contributed by atoms with Gasteiger partial charge in [0.1, 0.15) is 17.2 Å². The zero-order valence-corrected chi connectivity index (χ0v) is 16.6. The third kappa shape index (κ3) is 4.57. The molecule has 0 spiro atoms. The zero-order chi connectivity index (χ0) is 19.9. The Bertz CT molecular complexity index is 842. The molecule has 3 rings (SSSR count). The van der Waals surface area contributed by atoms with Crippen LogP contribution in [0.15, 0.2) is 48.5 Å². The normalized spacial score (nSPS) is 14.2. The quantitative estimate of drug-likeness (QED) is 0.719. The first-order valence-electron chi connectivity index (χ1n) is 9.22. The summed E-state index contributed by atoms with van der Waals surface area (Å²) in [7, 11) is 4.89. The number of amides is 1. The lowest BCUT2D eigenvalue weighted by Crippen LogP contribution is -2.48. The number of rotatable bonds is 6. The lowest BCUT2D eigenvalue weighted by Gasteiger charge is -2.35. The number of piperazine rings is 1. The molecule has 0 bridgehead atoms. The molecule has 2 aromatic carbocycles. The van der Waals surface area contributed by atoms with Crippen LogP contribution in [0.1, 0.15) is 5.56 Å². The van der Waals surface area contributed by atoms with Crippen molar-refractivity contribution in [3.63, 3.8) is 0 Å². The Morgan fingerprint density at radius 1 is 0.893 bits per heavy atom. The molecule has 1 aliphatic heterocycles. The number of hydrogen-bond donors (Lipinski definition) is 0. The molecule has 1 aliphatic rings. The Balaban J connectivity index is 1.61. The Morgan fingerprint density at radius 3 is 2.29 bits per heavy atom. The monoisotopic (exact) mass is 382 g/mol. The van der Waals surface area contributed by atoms with Crippen LogP contribution in [0.5, 0.6) is 17.2 Å².